The van der Waals surface area contributed by atoms with Crippen molar-refractivity contribution in [1.29, 1.82) is 0 Å². The number of anilines is 4. The van der Waals surface area contributed by atoms with Gasteiger partial charge < -0.3 is 19.7 Å². The minimum atomic E-state index is -0.611. The number of hydrogen-bond acceptors (Lipinski definition) is 8. The molecule has 3 aromatic rings. The number of fused-ring (bicyclic) bond motifs is 1. The zero-order valence-corrected chi connectivity index (χ0v) is 16.3. The molecule has 9 heteroatoms. The third-order valence-electron chi connectivity index (χ3n) is 4.43. The largest absolute Gasteiger partial charge is 0.490 e. The van der Waals surface area contributed by atoms with Crippen LogP contribution in [-0.2, 0) is 4.74 Å². The summed E-state index contributed by atoms with van der Waals surface area (Å²) in [6.07, 6.45) is 0. The van der Waals surface area contributed by atoms with Crippen molar-refractivity contribution in [2.45, 2.75) is 0 Å². The lowest BCUT2D eigenvalue weighted by molar-refractivity contribution is -0.379. The normalized spacial score (nSPS) is 12.7. The Morgan fingerprint density at radius 3 is 2.76 bits per heavy atom. The molecule has 0 bridgehead atoms. The SMILES string of the molecule is COC(=O)c1cc(Nc2ccc3c(c2)N(c2ccccc2)CCO3)c([N+](=O)[O-])s1. The summed E-state index contributed by atoms with van der Waals surface area (Å²) < 4.78 is 10.4. The third kappa shape index (κ3) is 3.72. The van der Waals surface area contributed by atoms with Crippen LogP contribution in [0.2, 0.25) is 0 Å². The van der Waals surface area contributed by atoms with Gasteiger partial charge in [0, 0.05) is 11.4 Å². The molecule has 1 aliphatic heterocycles. The van der Waals surface area contributed by atoms with Gasteiger partial charge in [-0.05, 0) is 36.4 Å². The van der Waals surface area contributed by atoms with Crippen LogP contribution >= 0.6 is 11.3 Å². The standard InChI is InChI=1S/C20H17N3O5S/c1-27-20(24)18-12-15(19(29-18)23(25)26)21-13-7-8-17-16(11-13)22(9-10-28-17)14-5-3-2-4-6-14/h2-8,11-12,21H,9-10H2,1H3. The molecule has 4 rings (SSSR count). The van der Waals surface area contributed by atoms with E-state index in [2.05, 4.69) is 15.0 Å². The lowest BCUT2D eigenvalue weighted by Crippen LogP contribution is -2.28. The van der Waals surface area contributed by atoms with Gasteiger partial charge in [-0.3, -0.25) is 10.1 Å². The Morgan fingerprint density at radius 1 is 1.24 bits per heavy atom. The summed E-state index contributed by atoms with van der Waals surface area (Å²) in [5.74, 6) is 0.126. The molecular formula is C20H17N3O5S. The summed E-state index contributed by atoms with van der Waals surface area (Å²) in [5.41, 5.74) is 2.78. The summed E-state index contributed by atoms with van der Waals surface area (Å²) in [6.45, 7) is 1.25. The number of hydrogen-bond donors (Lipinski definition) is 1. The van der Waals surface area contributed by atoms with Crippen molar-refractivity contribution in [3.8, 4) is 5.75 Å². The molecule has 148 valence electrons. The van der Waals surface area contributed by atoms with Gasteiger partial charge in [-0.25, -0.2) is 4.79 Å². The maximum atomic E-state index is 11.8. The molecule has 0 saturated heterocycles. The predicted molar refractivity (Wildman–Crippen MR) is 111 cm³/mol. The number of nitrogens with one attached hydrogen (secondary N) is 1. The number of rotatable bonds is 5. The Hall–Kier alpha value is -3.59. The molecule has 0 atom stereocenters. The fourth-order valence-corrected chi connectivity index (χ4v) is 3.98. The number of carbonyl (C=O) groups excluding carboxylic acids is 1. The molecule has 0 aliphatic carbocycles. The highest BCUT2D eigenvalue weighted by molar-refractivity contribution is 7.17. The van der Waals surface area contributed by atoms with E-state index >= 15 is 0 Å². The van der Waals surface area contributed by atoms with Crippen molar-refractivity contribution < 1.29 is 19.2 Å². The van der Waals surface area contributed by atoms with Gasteiger partial charge in [0.05, 0.1) is 24.3 Å². The molecule has 0 radical (unpaired) electrons. The van der Waals surface area contributed by atoms with E-state index in [0.717, 1.165) is 28.5 Å². The van der Waals surface area contributed by atoms with E-state index in [0.29, 0.717) is 18.8 Å². The van der Waals surface area contributed by atoms with Crippen LogP contribution in [0.1, 0.15) is 9.67 Å². The number of thiophene rings is 1. The molecule has 2 aromatic carbocycles. The number of ether oxygens (including phenoxy) is 2. The number of methoxy groups -OCH3 is 1. The molecule has 0 saturated carbocycles. The van der Waals surface area contributed by atoms with E-state index < -0.39 is 10.9 Å². The van der Waals surface area contributed by atoms with E-state index in [1.54, 1.807) is 6.07 Å². The molecule has 1 aromatic heterocycles. The first-order valence-corrected chi connectivity index (χ1v) is 9.61. The second-order valence-electron chi connectivity index (χ2n) is 6.22. The molecule has 0 fully saturated rings. The van der Waals surface area contributed by atoms with Crippen LogP contribution < -0.4 is 15.0 Å². The molecule has 0 unspecified atom stereocenters. The first kappa shape index (κ1) is 18.8. The van der Waals surface area contributed by atoms with E-state index in [1.165, 1.54) is 13.2 Å². The summed E-state index contributed by atoms with van der Waals surface area (Å²) in [6, 6.07) is 16.8. The average molecular weight is 411 g/mol. The van der Waals surface area contributed by atoms with Crippen molar-refractivity contribution in [3.05, 3.63) is 69.6 Å². The van der Waals surface area contributed by atoms with Crippen LogP contribution in [0.3, 0.4) is 0 Å². The van der Waals surface area contributed by atoms with Crippen LogP contribution in [0, 0.1) is 10.1 Å². The number of nitro groups is 1. The topological polar surface area (TPSA) is 93.9 Å². The molecule has 8 nitrogen and oxygen atoms in total. The number of carbonyl (C=O) groups is 1. The minimum absolute atomic E-state index is 0.153. The van der Waals surface area contributed by atoms with Gasteiger partial charge in [0.25, 0.3) is 0 Å². The van der Waals surface area contributed by atoms with Crippen molar-refractivity contribution in [2.75, 3.05) is 30.5 Å². The molecule has 29 heavy (non-hydrogen) atoms. The van der Waals surface area contributed by atoms with Crippen molar-refractivity contribution in [3.63, 3.8) is 0 Å². The Morgan fingerprint density at radius 2 is 2.03 bits per heavy atom. The van der Waals surface area contributed by atoms with E-state index in [-0.39, 0.29) is 15.6 Å². The van der Waals surface area contributed by atoms with Gasteiger partial charge in [-0.1, -0.05) is 29.5 Å². The Kier molecular flexibility index (Phi) is 5.05. The van der Waals surface area contributed by atoms with Gasteiger partial charge in [0.2, 0.25) is 0 Å². The number of benzene rings is 2. The minimum Gasteiger partial charge on any atom is -0.490 e. The fourth-order valence-electron chi connectivity index (χ4n) is 3.13. The van der Waals surface area contributed by atoms with Crippen molar-refractivity contribution >= 4 is 45.1 Å². The monoisotopic (exact) mass is 411 g/mol. The highest BCUT2D eigenvalue weighted by Gasteiger charge is 2.24. The molecular weight excluding hydrogens is 394 g/mol. The number of esters is 1. The first-order chi connectivity index (χ1) is 14.1. The second-order valence-corrected chi connectivity index (χ2v) is 7.25. The predicted octanol–water partition coefficient (Wildman–Crippen LogP) is 4.72. The summed E-state index contributed by atoms with van der Waals surface area (Å²) in [5, 5.41) is 14.3. The summed E-state index contributed by atoms with van der Waals surface area (Å²) >= 11 is 0.775. The smallest absolute Gasteiger partial charge is 0.348 e. The van der Waals surface area contributed by atoms with Crippen molar-refractivity contribution in [1.82, 2.24) is 0 Å². The highest BCUT2D eigenvalue weighted by Crippen LogP contribution is 2.41. The van der Waals surface area contributed by atoms with Gasteiger partial charge in [-0.15, -0.1) is 0 Å². The van der Waals surface area contributed by atoms with E-state index in [4.69, 9.17) is 4.74 Å². The lowest BCUT2D eigenvalue weighted by atomic mass is 10.1. The zero-order valence-electron chi connectivity index (χ0n) is 15.5. The van der Waals surface area contributed by atoms with Crippen molar-refractivity contribution in [2.24, 2.45) is 0 Å². The fraction of sp³-hybridized carbons (Fsp3) is 0.150. The molecule has 2 heterocycles. The highest BCUT2D eigenvalue weighted by atomic mass is 32.1. The van der Waals surface area contributed by atoms with Crippen LogP contribution in [0.25, 0.3) is 0 Å². The quantitative estimate of drug-likeness (QED) is 0.369. The summed E-state index contributed by atoms with van der Waals surface area (Å²) in [7, 11) is 1.24. The third-order valence-corrected chi connectivity index (χ3v) is 5.50. The molecule has 1 aliphatic rings. The summed E-state index contributed by atoms with van der Waals surface area (Å²) in [4.78, 5) is 24.9. The maximum Gasteiger partial charge on any atom is 0.348 e. The number of nitrogens with zero attached hydrogens (tertiary/aromatic N) is 2. The molecule has 1 N–H and O–H groups in total. The van der Waals surface area contributed by atoms with Crippen LogP contribution in [0.4, 0.5) is 27.8 Å². The molecule has 0 spiro atoms. The first-order valence-electron chi connectivity index (χ1n) is 8.80. The average Bonchev–Trinajstić information content (AvgIpc) is 3.17. The van der Waals surface area contributed by atoms with Gasteiger partial charge in [-0.2, -0.15) is 0 Å². The van der Waals surface area contributed by atoms with E-state index in [1.807, 2.05) is 42.5 Å². The number of para-hydroxylation sites is 1. The zero-order chi connectivity index (χ0) is 20.4. The maximum absolute atomic E-state index is 11.8. The van der Waals surface area contributed by atoms with E-state index in [9.17, 15) is 14.9 Å². The van der Waals surface area contributed by atoms with Crippen LogP contribution in [-0.4, -0.2) is 31.2 Å². The Balaban J connectivity index is 1.69. The van der Waals surface area contributed by atoms with Crippen LogP contribution in [0.15, 0.2) is 54.6 Å². The van der Waals surface area contributed by atoms with Crippen LogP contribution in [0.5, 0.6) is 5.75 Å². The van der Waals surface area contributed by atoms with Gasteiger partial charge in [0.15, 0.2) is 0 Å². The van der Waals surface area contributed by atoms with Gasteiger partial charge in [0.1, 0.15) is 22.9 Å². The Bertz CT molecular complexity index is 1070. The lowest BCUT2D eigenvalue weighted by Gasteiger charge is -2.31. The van der Waals surface area contributed by atoms with Gasteiger partial charge >= 0.3 is 11.0 Å². The molecule has 0 amide bonds. The Labute approximate surface area is 170 Å². The second kappa shape index (κ2) is 7.80.